The molecule has 46 heavy (non-hydrogen) atoms. The van der Waals surface area contributed by atoms with Gasteiger partial charge in [0.2, 0.25) is 0 Å². The minimum atomic E-state index is -0.875. The van der Waals surface area contributed by atoms with Crippen molar-refractivity contribution in [2.24, 2.45) is 0 Å². The molecule has 0 aromatic heterocycles. The van der Waals surface area contributed by atoms with Crippen molar-refractivity contribution in [1.82, 2.24) is 19.6 Å². The number of aldehydes is 1. The van der Waals surface area contributed by atoms with E-state index in [2.05, 4.69) is 21.2 Å². The fourth-order valence-electron chi connectivity index (χ4n) is 8.37. The fraction of sp³-hybridized carbons (Fsp3) is 0.583. The second-order valence-electron chi connectivity index (χ2n) is 13.6. The summed E-state index contributed by atoms with van der Waals surface area (Å²) in [7, 11) is 0. The first-order chi connectivity index (χ1) is 22.3. The third-order valence-corrected chi connectivity index (χ3v) is 11.4. The van der Waals surface area contributed by atoms with Crippen LogP contribution in [0.2, 0.25) is 5.02 Å². The van der Waals surface area contributed by atoms with Crippen LogP contribution in [0.1, 0.15) is 73.6 Å². The molecular formula is C36H48ClN5O4. The second-order valence-corrected chi connectivity index (χ2v) is 14.0. The Hall–Kier alpha value is -3.14. The van der Waals surface area contributed by atoms with Crippen LogP contribution in [0.4, 0.5) is 15.3 Å². The van der Waals surface area contributed by atoms with Crippen LogP contribution in [0, 0.1) is 13.8 Å². The van der Waals surface area contributed by atoms with Crippen LogP contribution in [0.3, 0.4) is 0 Å². The van der Waals surface area contributed by atoms with Crippen LogP contribution < -0.4 is 5.32 Å². The standard InChI is InChI=1S/C36H48ClN5O4/c1-26-22-28(23-27(2)33(26)37)25-46-35(45)42-20-13-31(41-19-10-29-8-4-5-9-32(29)38-34(41)44)24-36(42,14-21-43)40-17-11-30(12-18-40)39-15-6-3-7-16-39/h4-5,8-9,21-23,30-31H,3,6-7,10-20,24-25H2,1-2H3,(H,38,44)/t31-,36+/m1/s1. The van der Waals surface area contributed by atoms with Crippen molar-refractivity contribution in [3.05, 3.63) is 63.7 Å². The van der Waals surface area contributed by atoms with Crippen molar-refractivity contribution >= 4 is 35.7 Å². The Morgan fingerprint density at radius 3 is 2.39 bits per heavy atom. The van der Waals surface area contributed by atoms with Crippen LogP contribution in [0.15, 0.2) is 36.4 Å². The Balaban J connectivity index is 1.24. The molecule has 4 aliphatic rings. The number of carbonyl (C=O) groups excluding carboxylic acids is 3. The molecule has 3 fully saturated rings. The number of carbonyl (C=O) groups is 3. The zero-order chi connectivity index (χ0) is 32.3. The van der Waals surface area contributed by atoms with E-state index in [0.717, 1.165) is 84.7 Å². The molecule has 2 aromatic carbocycles. The van der Waals surface area contributed by atoms with Crippen molar-refractivity contribution in [2.75, 3.05) is 44.6 Å². The first-order valence-electron chi connectivity index (χ1n) is 17.1. The first kappa shape index (κ1) is 32.8. The molecule has 9 nitrogen and oxygen atoms in total. The second kappa shape index (κ2) is 14.3. The highest BCUT2D eigenvalue weighted by Gasteiger charge is 2.52. The SMILES string of the molecule is Cc1cc(COC(=O)N2CC[C@@H](N3CCc4ccccc4NC3=O)C[C@@]2(CC=O)N2CCC(N3CCCCC3)CC2)cc(C)c1Cl. The van der Waals surface area contributed by atoms with E-state index >= 15 is 0 Å². The van der Waals surface area contributed by atoms with Gasteiger partial charge in [0, 0.05) is 61.8 Å². The molecule has 0 bridgehead atoms. The smallest absolute Gasteiger partial charge is 0.411 e. The zero-order valence-electron chi connectivity index (χ0n) is 27.3. The predicted molar refractivity (Wildman–Crippen MR) is 180 cm³/mol. The van der Waals surface area contributed by atoms with E-state index in [1.165, 1.54) is 19.3 Å². The molecule has 2 atom stereocenters. The highest BCUT2D eigenvalue weighted by molar-refractivity contribution is 6.32. The summed E-state index contributed by atoms with van der Waals surface area (Å²) in [5, 5.41) is 3.84. The van der Waals surface area contributed by atoms with Crippen LogP contribution in [0.5, 0.6) is 0 Å². The highest BCUT2D eigenvalue weighted by atomic mass is 35.5. The van der Waals surface area contributed by atoms with Gasteiger partial charge in [0.1, 0.15) is 18.6 Å². The Bertz CT molecular complexity index is 1400. The molecule has 4 heterocycles. The van der Waals surface area contributed by atoms with Crippen molar-refractivity contribution in [1.29, 1.82) is 0 Å². The predicted octanol–water partition coefficient (Wildman–Crippen LogP) is 6.38. The molecule has 248 valence electrons. The molecule has 3 amide bonds. The Morgan fingerprint density at radius 2 is 1.67 bits per heavy atom. The molecule has 4 aliphatic heterocycles. The van der Waals surface area contributed by atoms with E-state index < -0.39 is 11.8 Å². The topological polar surface area (TPSA) is 85.4 Å². The van der Waals surface area contributed by atoms with Crippen LogP contribution in [-0.2, 0) is 22.6 Å². The number of aryl methyl sites for hydroxylation is 2. The van der Waals surface area contributed by atoms with Gasteiger partial charge in [-0.15, -0.1) is 0 Å². The molecule has 6 rings (SSSR count). The van der Waals surface area contributed by atoms with Gasteiger partial charge in [-0.25, -0.2) is 9.59 Å². The lowest BCUT2D eigenvalue weighted by atomic mass is 9.84. The van der Waals surface area contributed by atoms with E-state index in [1.807, 2.05) is 49.1 Å². The number of nitrogens with zero attached hydrogens (tertiary/aromatic N) is 4. The largest absolute Gasteiger partial charge is 0.445 e. The Kier molecular flexibility index (Phi) is 10.2. The lowest BCUT2D eigenvalue weighted by Gasteiger charge is -2.57. The highest BCUT2D eigenvalue weighted by Crippen LogP contribution is 2.40. The Morgan fingerprint density at radius 1 is 0.978 bits per heavy atom. The molecule has 3 saturated heterocycles. The summed E-state index contributed by atoms with van der Waals surface area (Å²) in [4.78, 5) is 48.9. The molecular weight excluding hydrogens is 602 g/mol. The van der Waals surface area contributed by atoms with Crippen LogP contribution >= 0.6 is 11.6 Å². The van der Waals surface area contributed by atoms with Gasteiger partial charge < -0.3 is 24.6 Å². The van der Waals surface area contributed by atoms with Crippen molar-refractivity contribution in [2.45, 2.75) is 96.0 Å². The van der Waals surface area contributed by atoms with Gasteiger partial charge in [0.25, 0.3) is 0 Å². The molecule has 1 N–H and O–H groups in total. The van der Waals surface area contributed by atoms with E-state index in [9.17, 15) is 14.4 Å². The van der Waals surface area contributed by atoms with Crippen LogP contribution in [-0.4, -0.2) is 95.0 Å². The van der Waals surface area contributed by atoms with Gasteiger partial charge >= 0.3 is 12.1 Å². The molecule has 0 saturated carbocycles. The van der Waals surface area contributed by atoms with E-state index in [-0.39, 0.29) is 25.1 Å². The van der Waals surface area contributed by atoms with Gasteiger partial charge in [0.15, 0.2) is 0 Å². The van der Waals surface area contributed by atoms with Gasteiger partial charge in [-0.05, 0) is 93.8 Å². The van der Waals surface area contributed by atoms with Gasteiger partial charge in [-0.2, -0.15) is 0 Å². The lowest BCUT2D eigenvalue weighted by Crippen LogP contribution is -2.70. The number of halogens is 1. The number of urea groups is 1. The number of para-hydroxylation sites is 1. The minimum Gasteiger partial charge on any atom is -0.445 e. The lowest BCUT2D eigenvalue weighted by molar-refractivity contribution is -0.128. The molecule has 0 aliphatic carbocycles. The third kappa shape index (κ3) is 6.78. The monoisotopic (exact) mass is 649 g/mol. The molecule has 2 aromatic rings. The number of anilines is 1. The minimum absolute atomic E-state index is 0.122. The maximum absolute atomic E-state index is 14.0. The number of benzene rings is 2. The van der Waals surface area contributed by atoms with E-state index in [0.29, 0.717) is 32.0 Å². The molecule has 0 radical (unpaired) electrons. The number of rotatable bonds is 7. The summed E-state index contributed by atoms with van der Waals surface area (Å²) >= 11 is 6.39. The molecule has 10 heteroatoms. The summed E-state index contributed by atoms with van der Waals surface area (Å²) < 4.78 is 5.99. The van der Waals surface area contributed by atoms with Gasteiger partial charge in [-0.3, -0.25) is 9.80 Å². The number of ether oxygens (including phenoxy) is 1. The number of fused-ring (bicyclic) bond motifs is 1. The fourth-order valence-corrected chi connectivity index (χ4v) is 8.48. The first-order valence-corrected chi connectivity index (χ1v) is 17.4. The van der Waals surface area contributed by atoms with Crippen LogP contribution in [0.25, 0.3) is 0 Å². The summed E-state index contributed by atoms with van der Waals surface area (Å²) in [6.45, 7) is 8.90. The van der Waals surface area contributed by atoms with Crippen molar-refractivity contribution in [3.63, 3.8) is 0 Å². The van der Waals surface area contributed by atoms with Gasteiger partial charge in [-0.1, -0.05) is 48.4 Å². The zero-order valence-corrected chi connectivity index (χ0v) is 28.1. The average Bonchev–Trinajstić information content (AvgIpc) is 3.24. The maximum atomic E-state index is 14.0. The van der Waals surface area contributed by atoms with Gasteiger partial charge in [0.05, 0.1) is 0 Å². The van der Waals surface area contributed by atoms with E-state index in [1.54, 1.807) is 4.90 Å². The number of hydrogen-bond acceptors (Lipinski definition) is 6. The van der Waals surface area contributed by atoms with Crippen molar-refractivity contribution in [3.8, 4) is 0 Å². The number of nitrogens with one attached hydrogen (secondary N) is 1. The number of amides is 3. The summed E-state index contributed by atoms with van der Waals surface area (Å²) in [5.41, 5.74) is 3.86. The molecule has 0 unspecified atom stereocenters. The number of hydrogen-bond donors (Lipinski definition) is 1. The Labute approximate surface area is 278 Å². The third-order valence-electron chi connectivity index (χ3n) is 10.8. The molecule has 0 spiro atoms. The maximum Gasteiger partial charge on any atom is 0.411 e. The summed E-state index contributed by atoms with van der Waals surface area (Å²) in [6, 6.07) is 12.1. The normalized spacial score (nSPS) is 25.0. The van der Waals surface area contributed by atoms with Crippen molar-refractivity contribution < 1.29 is 19.1 Å². The summed E-state index contributed by atoms with van der Waals surface area (Å²) in [6.07, 6.45) is 8.37. The number of piperidine rings is 3. The number of likely N-dealkylation sites (tertiary alicyclic amines) is 3. The quantitative estimate of drug-likeness (QED) is 0.350. The summed E-state index contributed by atoms with van der Waals surface area (Å²) in [5.74, 6) is 0. The average molecular weight is 650 g/mol. The van der Waals surface area contributed by atoms with E-state index in [4.69, 9.17) is 16.3 Å².